The van der Waals surface area contributed by atoms with Crippen LogP contribution >= 0.6 is 0 Å². The zero-order valence-corrected chi connectivity index (χ0v) is 10.1. The van der Waals surface area contributed by atoms with E-state index in [1.54, 1.807) is 6.07 Å². The van der Waals surface area contributed by atoms with Crippen LogP contribution < -0.4 is 10.6 Å². The molecule has 1 amide bonds. The molecule has 0 atom stereocenters. The molecule has 96 valence electrons. The summed E-state index contributed by atoms with van der Waals surface area (Å²) in [6.45, 7) is 2.48. The number of nitrogens with one attached hydrogen (secondary N) is 2. The van der Waals surface area contributed by atoms with Crippen molar-refractivity contribution in [2.45, 2.75) is 12.8 Å². The van der Waals surface area contributed by atoms with E-state index in [4.69, 9.17) is 0 Å². The third-order valence-electron chi connectivity index (χ3n) is 2.89. The molecule has 2 heterocycles. The number of rotatable bonds is 4. The molecule has 0 unspecified atom stereocenters. The Morgan fingerprint density at radius 2 is 2.44 bits per heavy atom. The van der Waals surface area contributed by atoms with E-state index < -0.39 is 0 Å². The smallest absolute Gasteiger partial charge is 0.273 e. The highest BCUT2D eigenvalue weighted by Crippen LogP contribution is 2.12. The highest BCUT2D eigenvalue weighted by atomic mass is 16.3. The average molecular weight is 247 g/mol. The zero-order valence-electron chi connectivity index (χ0n) is 10.1. The van der Waals surface area contributed by atoms with Gasteiger partial charge in [0.15, 0.2) is 5.69 Å². The summed E-state index contributed by atoms with van der Waals surface area (Å²) in [4.78, 5) is 15.6. The summed E-state index contributed by atoms with van der Waals surface area (Å²) in [7, 11) is 0. The predicted octanol–water partition coefficient (Wildman–Crippen LogP) is 0.827. The molecule has 1 aromatic rings. The number of nitrogens with zero attached hydrogens (tertiary/aromatic N) is 1. The fourth-order valence-electron chi connectivity index (χ4n) is 1.89. The van der Waals surface area contributed by atoms with Crippen molar-refractivity contribution < 1.29 is 9.90 Å². The van der Waals surface area contributed by atoms with Crippen LogP contribution in [0, 0.1) is 0 Å². The maximum absolute atomic E-state index is 11.7. The molecule has 0 bridgehead atoms. The van der Waals surface area contributed by atoms with Gasteiger partial charge >= 0.3 is 0 Å². The van der Waals surface area contributed by atoms with Gasteiger partial charge in [0.2, 0.25) is 0 Å². The van der Waals surface area contributed by atoms with Gasteiger partial charge in [-0.2, -0.15) is 0 Å². The summed E-state index contributed by atoms with van der Waals surface area (Å²) in [5.41, 5.74) is 1.44. The lowest BCUT2D eigenvalue weighted by Crippen LogP contribution is -2.27. The number of carbonyl (C=O) groups is 1. The van der Waals surface area contributed by atoms with Crippen LogP contribution in [0.15, 0.2) is 30.0 Å². The third-order valence-corrected chi connectivity index (χ3v) is 2.89. The highest BCUT2D eigenvalue weighted by Gasteiger charge is 2.11. The molecule has 5 nitrogen and oxygen atoms in total. The minimum atomic E-state index is -0.331. The first-order valence-corrected chi connectivity index (χ1v) is 6.08. The minimum absolute atomic E-state index is 0.0804. The van der Waals surface area contributed by atoms with E-state index in [9.17, 15) is 9.90 Å². The van der Waals surface area contributed by atoms with Crippen LogP contribution in [0.2, 0.25) is 0 Å². The monoisotopic (exact) mass is 247 g/mol. The lowest BCUT2D eigenvalue weighted by molar-refractivity contribution is 0.0946. The predicted molar refractivity (Wildman–Crippen MR) is 68.4 cm³/mol. The Kier molecular flexibility index (Phi) is 4.30. The standard InChI is InChI=1S/C13H17N3O2/c17-11-2-1-6-15-12(11)13(18)16-9-5-10-3-7-14-8-4-10/h1-3,6,14,17H,4-5,7-9H2,(H,16,18). The summed E-state index contributed by atoms with van der Waals surface area (Å²) in [5.74, 6) is -0.418. The van der Waals surface area contributed by atoms with Crippen LogP contribution in [-0.2, 0) is 0 Å². The summed E-state index contributed by atoms with van der Waals surface area (Å²) >= 11 is 0. The Hall–Kier alpha value is -1.88. The van der Waals surface area contributed by atoms with Crippen LogP contribution in [0.3, 0.4) is 0 Å². The summed E-state index contributed by atoms with van der Waals surface area (Å²) < 4.78 is 0. The summed E-state index contributed by atoms with van der Waals surface area (Å²) in [6.07, 6.45) is 5.53. The van der Waals surface area contributed by atoms with E-state index in [1.165, 1.54) is 17.8 Å². The van der Waals surface area contributed by atoms with E-state index in [0.717, 1.165) is 25.9 Å². The van der Waals surface area contributed by atoms with Gasteiger partial charge in [-0.15, -0.1) is 0 Å². The van der Waals surface area contributed by atoms with Crippen LogP contribution in [-0.4, -0.2) is 35.6 Å². The zero-order chi connectivity index (χ0) is 12.8. The molecule has 0 saturated heterocycles. The molecular formula is C13H17N3O2. The van der Waals surface area contributed by atoms with Gasteiger partial charge in [-0.25, -0.2) is 4.98 Å². The van der Waals surface area contributed by atoms with Gasteiger partial charge in [-0.1, -0.05) is 11.6 Å². The van der Waals surface area contributed by atoms with Crippen molar-refractivity contribution in [2.75, 3.05) is 19.6 Å². The summed E-state index contributed by atoms with van der Waals surface area (Å²) in [5, 5.41) is 15.5. The average Bonchev–Trinajstić information content (AvgIpc) is 2.40. The first kappa shape index (κ1) is 12.6. The molecule has 5 heteroatoms. The quantitative estimate of drug-likeness (QED) is 0.689. The van der Waals surface area contributed by atoms with Crippen LogP contribution in [0.25, 0.3) is 0 Å². The first-order chi connectivity index (χ1) is 8.77. The SMILES string of the molecule is O=C(NCCC1=CCNCC1)c1ncccc1O. The second-order valence-electron chi connectivity index (χ2n) is 4.19. The molecule has 0 radical (unpaired) electrons. The van der Waals surface area contributed by atoms with Crippen molar-refractivity contribution in [1.29, 1.82) is 0 Å². The maximum Gasteiger partial charge on any atom is 0.273 e. The first-order valence-electron chi connectivity index (χ1n) is 6.08. The normalized spacial score (nSPS) is 15.0. The maximum atomic E-state index is 11.7. The Morgan fingerprint density at radius 1 is 1.56 bits per heavy atom. The van der Waals surface area contributed by atoms with Crippen LogP contribution in [0.5, 0.6) is 5.75 Å². The second kappa shape index (κ2) is 6.16. The molecular weight excluding hydrogens is 230 g/mol. The molecule has 0 saturated carbocycles. The van der Waals surface area contributed by atoms with Gasteiger partial charge < -0.3 is 15.7 Å². The molecule has 0 spiro atoms. The number of hydrogen-bond donors (Lipinski definition) is 3. The van der Waals surface area contributed by atoms with E-state index in [2.05, 4.69) is 21.7 Å². The fraction of sp³-hybridized carbons (Fsp3) is 0.385. The van der Waals surface area contributed by atoms with Gasteiger partial charge in [0.25, 0.3) is 5.91 Å². The molecule has 1 aromatic heterocycles. The Balaban J connectivity index is 1.82. The van der Waals surface area contributed by atoms with Gasteiger partial charge in [0, 0.05) is 19.3 Å². The Morgan fingerprint density at radius 3 is 3.17 bits per heavy atom. The summed E-state index contributed by atoms with van der Waals surface area (Å²) in [6, 6.07) is 3.04. The Bertz CT molecular complexity index is 457. The topological polar surface area (TPSA) is 74.2 Å². The fourth-order valence-corrected chi connectivity index (χ4v) is 1.89. The molecule has 2 rings (SSSR count). The number of aromatic hydroxyl groups is 1. The van der Waals surface area contributed by atoms with Gasteiger partial charge in [-0.3, -0.25) is 4.79 Å². The number of amides is 1. The third kappa shape index (κ3) is 3.30. The molecule has 0 fully saturated rings. The number of hydrogen-bond acceptors (Lipinski definition) is 4. The van der Waals surface area contributed by atoms with Gasteiger partial charge in [0.05, 0.1) is 0 Å². The lowest BCUT2D eigenvalue weighted by Gasteiger charge is -2.14. The van der Waals surface area contributed by atoms with Crippen molar-refractivity contribution in [3.8, 4) is 5.75 Å². The number of carbonyl (C=O) groups excluding carboxylic acids is 1. The van der Waals surface area contributed by atoms with Crippen molar-refractivity contribution in [3.63, 3.8) is 0 Å². The van der Waals surface area contributed by atoms with Crippen LogP contribution in [0.1, 0.15) is 23.3 Å². The molecule has 1 aliphatic heterocycles. The van der Waals surface area contributed by atoms with Crippen molar-refractivity contribution in [3.05, 3.63) is 35.7 Å². The molecule has 18 heavy (non-hydrogen) atoms. The van der Waals surface area contributed by atoms with Crippen molar-refractivity contribution >= 4 is 5.91 Å². The molecule has 3 N–H and O–H groups in total. The molecule has 1 aliphatic rings. The van der Waals surface area contributed by atoms with E-state index in [-0.39, 0.29) is 17.4 Å². The number of aromatic nitrogens is 1. The molecule has 0 aliphatic carbocycles. The Labute approximate surface area is 106 Å². The molecule has 0 aromatic carbocycles. The van der Waals surface area contributed by atoms with Crippen molar-refractivity contribution in [2.24, 2.45) is 0 Å². The largest absolute Gasteiger partial charge is 0.505 e. The van der Waals surface area contributed by atoms with Gasteiger partial charge in [0.1, 0.15) is 5.75 Å². The number of pyridine rings is 1. The van der Waals surface area contributed by atoms with E-state index >= 15 is 0 Å². The van der Waals surface area contributed by atoms with E-state index in [0.29, 0.717) is 6.54 Å². The second-order valence-corrected chi connectivity index (χ2v) is 4.19. The van der Waals surface area contributed by atoms with Crippen molar-refractivity contribution in [1.82, 2.24) is 15.6 Å². The van der Waals surface area contributed by atoms with Gasteiger partial charge in [-0.05, 0) is 31.5 Å². The minimum Gasteiger partial charge on any atom is -0.505 e. The highest BCUT2D eigenvalue weighted by molar-refractivity contribution is 5.94. The lowest BCUT2D eigenvalue weighted by atomic mass is 10.1. The van der Waals surface area contributed by atoms with Crippen LogP contribution in [0.4, 0.5) is 0 Å². The van der Waals surface area contributed by atoms with E-state index in [1.807, 2.05) is 0 Å².